The van der Waals surface area contributed by atoms with E-state index < -0.39 is 0 Å². The fourth-order valence-electron chi connectivity index (χ4n) is 9.91. The van der Waals surface area contributed by atoms with E-state index in [1.807, 2.05) is 18.2 Å². The molecule has 3 heteroatoms. The Morgan fingerprint density at radius 1 is 0.387 bits per heavy atom. The lowest BCUT2D eigenvalue weighted by molar-refractivity contribution is 0.661. The van der Waals surface area contributed by atoms with Gasteiger partial charge >= 0.3 is 0 Å². The van der Waals surface area contributed by atoms with Gasteiger partial charge < -0.3 is 4.57 Å². The third kappa shape index (κ3) is 5.73. The molecule has 62 heavy (non-hydrogen) atoms. The third-order valence-corrected chi connectivity index (χ3v) is 13.0. The molecule has 0 unspecified atom stereocenters. The van der Waals surface area contributed by atoms with Crippen molar-refractivity contribution in [2.24, 2.45) is 0 Å². The predicted octanol–water partition coefficient (Wildman–Crippen LogP) is 15.4. The average Bonchev–Trinajstić information content (AvgIpc) is 3.79. The summed E-state index contributed by atoms with van der Waals surface area (Å²) in [5.74, 6) is 0.704. The zero-order chi connectivity index (χ0) is 41.4. The van der Waals surface area contributed by atoms with Crippen LogP contribution in [0.2, 0.25) is 0 Å². The molecule has 1 aliphatic rings. The summed E-state index contributed by atoms with van der Waals surface area (Å²) in [5.41, 5.74) is 18.5. The molecule has 0 atom stereocenters. The molecule has 292 valence electrons. The summed E-state index contributed by atoms with van der Waals surface area (Å²) in [6.07, 6.45) is 0. The molecular weight excluding hydrogens is 751 g/mol. The number of benzene rings is 9. The summed E-state index contributed by atoms with van der Waals surface area (Å²) in [7, 11) is 0. The fourth-order valence-corrected chi connectivity index (χ4v) is 9.91. The van der Waals surface area contributed by atoms with E-state index in [1.165, 1.54) is 71.5 Å². The molecule has 0 amide bonds. The number of para-hydroxylation sites is 3. The molecule has 0 radical (unpaired) electrons. The van der Waals surface area contributed by atoms with Gasteiger partial charge in [0.1, 0.15) is 0 Å². The summed E-state index contributed by atoms with van der Waals surface area (Å²) in [4.78, 5) is 10.4. The predicted molar refractivity (Wildman–Crippen MR) is 259 cm³/mol. The van der Waals surface area contributed by atoms with Crippen molar-refractivity contribution in [3.63, 3.8) is 0 Å². The molecule has 0 saturated carbocycles. The Labute approximate surface area is 361 Å². The number of hydrogen-bond donors (Lipinski definition) is 0. The molecule has 0 fully saturated rings. The van der Waals surface area contributed by atoms with Gasteiger partial charge in [0.15, 0.2) is 5.82 Å². The molecule has 0 spiro atoms. The van der Waals surface area contributed by atoms with Crippen molar-refractivity contribution >= 4 is 32.6 Å². The molecule has 9 aromatic carbocycles. The van der Waals surface area contributed by atoms with Gasteiger partial charge in [-0.3, -0.25) is 0 Å². The van der Waals surface area contributed by atoms with Gasteiger partial charge in [-0.05, 0) is 86.1 Å². The topological polar surface area (TPSA) is 30.7 Å². The van der Waals surface area contributed by atoms with Crippen LogP contribution in [0.1, 0.15) is 25.0 Å². The Hall–Kier alpha value is -7.88. The normalized spacial score (nSPS) is 12.8. The van der Waals surface area contributed by atoms with E-state index in [9.17, 15) is 0 Å². The number of rotatable bonds is 6. The van der Waals surface area contributed by atoms with Gasteiger partial charge in [0.05, 0.1) is 22.4 Å². The summed E-state index contributed by atoms with van der Waals surface area (Å²) < 4.78 is 2.40. The minimum Gasteiger partial charge on any atom is -0.309 e. The van der Waals surface area contributed by atoms with Crippen LogP contribution in [-0.2, 0) is 5.41 Å². The fraction of sp³-hybridized carbons (Fsp3) is 0.0508. The first-order valence-corrected chi connectivity index (χ1v) is 21.4. The Bertz CT molecular complexity index is 3510. The lowest BCUT2D eigenvalue weighted by Crippen LogP contribution is -2.14. The SMILES string of the molecule is CC1(C)c2cc3ccccc3cc2-c2c(-c3ccc(-c4cc(-c5ccc(-c6cccc7c8ccccc8n(-c8ccccc8)c67)cc5)nc(-c5ccccc5)n4)cc3)cccc21. The molecule has 2 heterocycles. The van der Waals surface area contributed by atoms with E-state index in [0.29, 0.717) is 5.82 Å². The molecule has 0 bridgehead atoms. The smallest absolute Gasteiger partial charge is 0.160 e. The van der Waals surface area contributed by atoms with Gasteiger partial charge in [0.25, 0.3) is 0 Å². The van der Waals surface area contributed by atoms with Crippen LogP contribution in [0.4, 0.5) is 0 Å². The highest BCUT2D eigenvalue weighted by molar-refractivity contribution is 6.13. The van der Waals surface area contributed by atoms with E-state index in [1.54, 1.807) is 0 Å². The van der Waals surface area contributed by atoms with Crippen molar-refractivity contribution in [2.45, 2.75) is 19.3 Å². The number of aromatic nitrogens is 3. The van der Waals surface area contributed by atoms with Crippen LogP contribution >= 0.6 is 0 Å². The molecule has 3 nitrogen and oxygen atoms in total. The minimum atomic E-state index is -0.0937. The number of fused-ring (bicyclic) bond motifs is 7. The second kappa shape index (κ2) is 14.1. The van der Waals surface area contributed by atoms with Crippen molar-refractivity contribution in [1.29, 1.82) is 0 Å². The monoisotopic (exact) mass is 791 g/mol. The van der Waals surface area contributed by atoms with Crippen molar-refractivity contribution in [3.8, 4) is 73.0 Å². The Morgan fingerprint density at radius 2 is 0.935 bits per heavy atom. The maximum Gasteiger partial charge on any atom is 0.160 e. The van der Waals surface area contributed by atoms with E-state index in [4.69, 9.17) is 9.97 Å². The highest BCUT2D eigenvalue weighted by Crippen LogP contribution is 2.53. The molecule has 0 N–H and O–H groups in total. The standard InChI is InChI=1S/C59H41N3/c1-59(2)51-25-14-22-46(56(51)50-35-43-17-9-10-18-44(43)36-52(50)59)38-27-31-40(32-28-38)53-37-54(61-58(60-53)42-15-5-3-6-16-42)41-33-29-39(30-34-41)47-23-13-24-49-48-21-11-12-26-55(48)62(57(47)49)45-19-7-4-8-20-45/h3-37H,1-2H3. The lowest BCUT2D eigenvalue weighted by Gasteiger charge is -2.22. The maximum atomic E-state index is 5.18. The third-order valence-electron chi connectivity index (χ3n) is 13.0. The van der Waals surface area contributed by atoms with Gasteiger partial charge in [0.2, 0.25) is 0 Å². The van der Waals surface area contributed by atoms with E-state index in [0.717, 1.165) is 39.3 Å². The Balaban J connectivity index is 0.941. The van der Waals surface area contributed by atoms with E-state index in [2.05, 4.69) is 213 Å². The Kier molecular flexibility index (Phi) is 8.20. The highest BCUT2D eigenvalue weighted by Gasteiger charge is 2.37. The zero-order valence-corrected chi connectivity index (χ0v) is 34.5. The minimum absolute atomic E-state index is 0.0937. The van der Waals surface area contributed by atoms with Crippen LogP contribution in [0.5, 0.6) is 0 Å². The number of nitrogens with zero attached hydrogens (tertiary/aromatic N) is 3. The van der Waals surface area contributed by atoms with Gasteiger partial charge in [0, 0.05) is 44.1 Å². The lowest BCUT2D eigenvalue weighted by atomic mass is 9.81. The van der Waals surface area contributed by atoms with Crippen LogP contribution in [0.25, 0.3) is 106 Å². The summed E-state index contributed by atoms with van der Waals surface area (Å²) >= 11 is 0. The molecule has 0 aliphatic heterocycles. The first-order chi connectivity index (χ1) is 30.5. The van der Waals surface area contributed by atoms with Crippen molar-refractivity contribution in [1.82, 2.24) is 14.5 Å². The van der Waals surface area contributed by atoms with E-state index in [-0.39, 0.29) is 5.41 Å². The summed E-state index contributed by atoms with van der Waals surface area (Å²) in [6, 6.07) is 76.5. The van der Waals surface area contributed by atoms with Gasteiger partial charge in [-0.25, -0.2) is 9.97 Å². The first-order valence-electron chi connectivity index (χ1n) is 21.4. The van der Waals surface area contributed by atoms with Crippen LogP contribution in [0, 0.1) is 0 Å². The first kappa shape index (κ1) is 36.0. The second-order valence-corrected chi connectivity index (χ2v) is 17.0. The van der Waals surface area contributed by atoms with Gasteiger partial charge in [-0.1, -0.05) is 190 Å². The average molecular weight is 792 g/mol. The largest absolute Gasteiger partial charge is 0.309 e. The molecule has 0 saturated heterocycles. The molecular formula is C59H41N3. The Morgan fingerprint density at radius 3 is 1.65 bits per heavy atom. The maximum absolute atomic E-state index is 5.18. The van der Waals surface area contributed by atoms with Crippen LogP contribution in [-0.4, -0.2) is 14.5 Å². The molecule has 12 rings (SSSR count). The summed E-state index contributed by atoms with van der Waals surface area (Å²) in [5, 5.41) is 5.04. The second-order valence-electron chi connectivity index (χ2n) is 17.0. The quantitative estimate of drug-likeness (QED) is 0.168. The van der Waals surface area contributed by atoms with Crippen molar-refractivity contribution in [3.05, 3.63) is 223 Å². The van der Waals surface area contributed by atoms with Crippen molar-refractivity contribution < 1.29 is 0 Å². The molecule has 1 aliphatic carbocycles. The van der Waals surface area contributed by atoms with E-state index >= 15 is 0 Å². The van der Waals surface area contributed by atoms with Crippen LogP contribution in [0.3, 0.4) is 0 Å². The number of hydrogen-bond acceptors (Lipinski definition) is 2. The highest BCUT2D eigenvalue weighted by atomic mass is 15.0. The van der Waals surface area contributed by atoms with Gasteiger partial charge in [-0.2, -0.15) is 0 Å². The van der Waals surface area contributed by atoms with Crippen LogP contribution in [0.15, 0.2) is 212 Å². The van der Waals surface area contributed by atoms with Gasteiger partial charge in [-0.15, -0.1) is 0 Å². The van der Waals surface area contributed by atoms with Crippen LogP contribution < -0.4 is 0 Å². The zero-order valence-electron chi connectivity index (χ0n) is 34.5. The summed E-state index contributed by atoms with van der Waals surface area (Å²) in [6.45, 7) is 4.71. The van der Waals surface area contributed by atoms with Crippen molar-refractivity contribution in [2.75, 3.05) is 0 Å². The molecule has 2 aromatic heterocycles. The molecule has 11 aromatic rings.